The van der Waals surface area contributed by atoms with Crippen LogP contribution >= 0.6 is 11.6 Å². The van der Waals surface area contributed by atoms with E-state index in [4.69, 9.17) is 11.6 Å². The van der Waals surface area contributed by atoms with E-state index in [2.05, 4.69) is 15.3 Å². The summed E-state index contributed by atoms with van der Waals surface area (Å²) in [7, 11) is 0. The number of fused-ring (bicyclic) bond motifs is 1. The average molecular weight is 284 g/mol. The van der Waals surface area contributed by atoms with E-state index >= 15 is 0 Å². The van der Waals surface area contributed by atoms with Gasteiger partial charge in [0, 0.05) is 17.8 Å². The maximum atomic E-state index is 12.3. The highest BCUT2D eigenvalue weighted by atomic mass is 35.5. The third kappa shape index (κ3) is 2.33. The lowest BCUT2D eigenvalue weighted by Crippen LogP contribution is -2.13. The van der Waals surface area contributed by atoms with Gasteiger partial charge in [-0.25, -0.2) is 4.98 Å². The maximum absolute atomic E-state index is 12.3. The first-order valence-corrected chi connectivity index (χ1v) is 6.38. The van der Waals surface area contributed by atoms with E-state index in [1.807, 2.05) is 24.3 Å². The summed E-state index contributed by atoms with van der Waals surface area (Å²) in [6, 6.07) is 10.9. The maximum Gasteiger partial charge on any atom is 0.257 e. The molecule has 2 heterocycles. The first kappa shape index (κ1) is 12.6. The fourth-order valence-corrected chi connectivity index (χ4v) is 2.19. The predicted octanol–water partition coefficient (Wildman–Crippen LogP) is 3.54. The van der Waals surface area contributed by atoms with E-state index in [0.717, 1.165) is 10.8 Å². The van der Waals surface area contributed by atoms with Crippen LogP contribution in [0.3, 0.4) is 0 Å². The van der Waals surface area contributed by atoms with Crippen LogP contribution in [0.25, 0.3) is 10.8 Å². The molecular weight excluding hydrogens is 274 g/mol. The van der Waals surface area contributed by atoms with E-state index in [1.54, 1.807) is 24.5 Å². The SMILES string of the molecule is O=C(Nc1cccnc1)c1cnc(Cl)c2ccccc12. The zero-order chi connectivity index (χ0) is 13.9. The number of nitrogens with one attached hydrogen (secondary N) is 1. The van der Waals surface area contributed by atoms with Crippen molar-refractivity contribution in [3.05, 3.63) is 65.7 Å². The number of amides is 1. The van der Waals surface area contributed by atoms with Crippen molar-refractivity contribution < 1.29 is 4.79 Å². The van der Waals surface area contributed by atoms with Gasteiger partial charge in [-0.1, -0.05) is 35.9 Å². The lowest BCUT2D eigenvalue weighted by atomic mass is 10.1. The number of benzene rings is 1. The Morgan fingerprint density at radius 3 is 2.60 bits per heavy atom. The van der Waals surface area contributed by atoms with Gasteiger partial charge in [-0.15, -0.1) is 0 Å². The molecule has 1 aromatic carbocycles. The molecule has 2 aromatic heterocycles. The van der Waals surface area contributed by atoms with Crippen molar-refractivity contribution in [3.8, 4) is 0 Å². The van der Waals surface area contributed by atoms with Gasteiger partial charge in [0.1, 0.15) is 5.15 Å². The van der Waals surface area contributed by atoms with Gasteiger partial charge in [0.25, 0.3) is 5.91 Å². The van der Waals surface area contributed by atoms with Gasteiger partial charge in [0.15, 0.2) is 0 Å². The predicted molar refractivity (Wildman–Crippen MR) is 78.9 cm³/mol. The van der Waals surface area contributed by atoms with Crippen LogP contribution in [-0.4, -0.2) is 15.9 Å². The van der Waals surface area contributed by atoms with Gasteiger partial charge in [-0.3, -0.25) is 9.78 Å². The molecule has 4 nitrogen and oxygen atoms in total. The molecule has 0 atom stereocenters. The third-order valence-electron chi connectivity index (χ3n) is 2.91. The summed E-state index contributed by atoms with van der Waals surface area (Å²) in [5, 5.41) is 4.70. The Kier molecular flexibility index (Phi) is 3.31. The Morgan fingerprint density at radius 2 is 1.85 bits per heavy atom. The summed E-state index contributed by atoms with van der Waals surface area (Å²) in [6.45, 7) is 0. The Hall–Kier alpha value is -2.46. The molecule has 0 aliphatic heterocycles. The third-order valence-corrected chi connectivity index (χ3v) is 3.21. The molecule has 3 rings (SSSR count). The summed E-state index contributed by atoms with van der Waals surface area (Å²) >= 11 is 6.04. The molecule has 0 saturated heterocycles. The normalized spacial score (nSPS) is 10.4. The second kappa shape index (κ2) is 5.27. The number of halogens is 1. The largest absolute Gasteiger partial charge is 0.321 e. The summed E-state index contributed by atoms with van der Waals surface area (Å²) in [4.78, 5) is 20.3. The Labute approximate surface area is 120 Å². The van der Waals surface area contributed by atoms with Crippen molar-refractivity contribution in [2.24, 2.45) is 0 Å². The Balaban J connectivity index is 2.02. The number of nitrogens with zero attached hydrogens (tertiary/aromatic N) is 2. The minimum Gasteiger partial charge on any atom is -0.321 e. The highest BCUT2D eigenvalue weighted by Gasteiger charge is 2.12. The second-order valence-corrected chi connectivity index (χ2v) is 4.56. The lowest BCUT2D eigenvalue weighted by molar-refractivity contribution is 0.102. The number of hydrogen-bond donors (Lipinski definition) is 1. The summed E-state index contributed by atoms with van der Waals surface area (Å²) in [5.41, 5.74) is 1.12. The number of pyridine rings is 2. The second-order valence-electron chi connectivity index (χ2n) is 4.20. The smallest absolute Gasteiger partial charge is 0.257 e. The van der Waals surface area contributed by atoms with Crippen molar-refractivity contribution >= 4 is 34.0 Å². The quantitative estimate of drug-likeness (QED) is 0.732. The van der Waals surface area contributed by atoms with Crippen molar-refractivity contribution in [2.45, 2.75) is 0 Å². The summed E-state index contributed by atoms with van der Waals surface area (Å²) in [6.07, 6.45) is 4.72. The first-order chi connectivity index (χ1) is 9.75. The molecule has 0 aliphatic carbocycles. The summed E-state index contributed by atoms with van der Waals surface area (Å²) < 4.78 is 0. The molecule has 0 spiro atoms. The van der Waals surface area contributed by atoms with E-state index in [1.165, 1.54) is 6.20 Å². The fourth-order valence-electron chi connectivity index (χ4n) is 1.97. The monoisotopic (exact) mass is 283 g/mol. The Bertz CT molecular complexity index is 774. The number of rotatable bonds is 2. The van der Waals surface area contributed by atoms with Gasteiger partial charge in [-0.2, -0.15) is 0 Å². The van der Waals surface area contributed by atoms with Crippen molar-refractivity contribution in [1.29, 1.82) is 0 Å². The van der Waals surface area contributed by atoms with Crippen LogP contribution in [0, 0.1) is 0 Å². The van der Waals surface area contributed by atoms with Crippen LogP contribution < -0.4 is 5.32 Å². The number of hydrogen-bond acceptors (Lipinski definition) is 3. The topological polar surface area (TPSA) is 54.9 Å². The molecule has 0 unspecified atom stereocenters. The van der Waals surface area contributed by atoms with Crippen LogP contribution in [0.1, 0.15) is 10.4 Å². The zero-order valence-corrected chi connectivity index (χ0v) is 11.1. The number of aromatic nitrogens is 2. The molecular formula is C15H10ClN3O. The minimum absolute atomic E-state index is 0.238. The fraction of sp³-hybridized carbons (Fsp3) is 0. The van der Waals surface area contributed by atoms with Gasteiger partial charge in [0.2, 0.25) is 0 Å². The molecule has 1 amide bonds. The highest BCUT2D eigenvalue weighted by molar-refractivity contribution is 6.35. The van der Waals surface area contributed by atoms with Crippen molar-refractivity contribution in [1.82, 2.24) is 9.97 Å². The molecule has 5 heteroatoms. The van der Waals surface area contributed by atoms with E-state index in [-0.39, 0.29) is 5.91 Å². The van der Waals surface area contributed by atoms with Crippen LogP contribution in [0.2, 0.25) is 5.15 Å². The molecule has 3 aromatic rings. The molecule has 0 saturated carbocycles. The molecule has 0 fully saturated rings. The molecule has 0 bridgehead atoms. The molecule has 0 radical (unpaired) electrons. The van der Waals surface area contributed by atoms with Crippen molar-refractivity contribution in [3.63, 3.8) is 0 Å². The van der Waals surface area contributed by atoms with Crippen molar-refractivity contribution in [2.75, 3.05) is 5.32 Å². The first-order valence-electron chi connectivity index (χ1n) is 6.00. The van der Waals surface area contributed by atoms with E-state index in [0.29, 0.717) is 16.4 Å². The van der Waals surface area contributed by atoms with Gasteiger partial charge >= 0.3 is 0 Å². The number of carbonyl (C=O) groups is 1. The number of carbonyl (C=O) groups excluding carboxylic acids is 1. The molecule has 98 valence electrons. The standard InChI is InChI=1S/C15H10ClN3O/c16-14-12-6-2-1-5-11(12)13(9-18-14)15(20)19-10-4-3-7-17-8-10/h1-9H,(H,19,20). The molecule has 1 N–H and O–H groups in total. The Morgan fingerprint density at radius 1 is 1.05 bits per heavy atom. The van der Waals surface area contributed by atoms with Gasteiger partial charge in [-0.05, 0) is 17.5 Å². The zero-order valence-electron chi connectivity index (χ0n) is 10.4. The van der Waals surface area contributed by atoms with Crippen LogP contribution in [0.4, 0.5) is 5.69 Å². The molecule has 20 heavy (non-hydrogen) atoms. The lowest BCUT2D eigenvalue weighted by Gasteiger charge is -2.08. The van der Waals surface area contributed by atoms with E-state index < -0.39 is 0 Å². The highest BCUT2D eigenvalue weighted by Crippen LogP contribution is 2.24. The molecule has 0 aliphatic rings. The van der Waals surface area contributed by atoms with Crippen LogP contribution in [-0.2, 0) is 0 Å². The average Bonchev–Trinajstić information content (AvgIpc) is 2.49. The minimum atomic E-state index is -0.238. The van der Waals surface area contributed by atoms with Gasteiger partial charge < -0.3 is 5.32 Å². The van der Waals surface area contributed by atoms with Crippen LogP contribution in [0.15, 0.2) is 55.0 Å². The number of anilines is 1. The van der Waals surface area contributed by atoms with Gasteiger partial charge in [0.05, 0.1) is 17.4 Å². The van der Waals surface area contributed by atoms with Crippen LogP contribution in [0.5, 0.6) is 0 Å². The summed E-state index contributed by atoms with van der Waals surface area (Å²) in [5.74, 6) is -0.238. The van der Waals surface area contributed by atoms with E-state index in [9.17, 15) is 4.79 Å².